The monoisotopic (exact) mass is 450 g/mol. The van der Waals surface area contributed by atoms with Gasteiger partial charge in [0.1, 0.15) is 5.82 Å². The van der Waals surface area contributed by atoms with Gasteiger partial charge in [-0.1, -0.05) is 6.08 Å². The minimum absolute atomic E-state index is 0.102. The molecule has 0 radical (unpaired) electrons. The molecule has 1 fully saturated rings. The molecule has 0 unspecified atom stereocenters. The molecule has 33 heavy (non-hydrogen) atoms. The van der Waals surface area contributed by atoms with Crippen LogP contribution in [0.1, 0.15) is 22.3 Å². The fraction of sp³-hybridized carbons (Fsp3) is 0.292. The molecule has 1 aromatic heterocycles. The van der Waals surface area contributed by atoms with Gasteiger partial charge in [0.15, 0.2) is 0 Å². The van der Waals surface area contributed by atoms with Gasteiger partial charge in [0, 0.05) is 61.0 Å². The quantitative estimate of drug-likeness (QED) is 0.480. The number of non-ortho nitro benzene ring substituents is 1. The number of anilines is 1. The van der Waals surface area contributed by atoms with E-state index in [0.29, 0.717) is 57.1 Å². The van der Waals surface area contributed by atoms with Crippen molar-refractivity contribution in [2.75, 3.05) is 44.3 Å². The Hall–Kier alpha value is -3.72. The molecular weight excluding hydrogens is 427 g/mol. The average Bonchev–Trinajstić information content (AvgIpc) is 3.27. The van der Waals surface area contributed by atoms with Crippen molar-refractivity contribution in [3.8, 4) is 0 Å². The summed E-state index contributed by atoms with van der Waals surface area (Å²) in [6.07, 6.45) is 4.50. The van der Waals surface area contributed by atoms with Gasteiger partial charge in [-0.15, -0.1) is 0 Å². The zero-order chi connectivity index (χ0) is 22.9. The van der Waals surface area contributed by atoms with Crippen molar-refractivity contribution in [1.82, 2.24) is 9.88 Å². The van der Waals surface area contributed by atoms with Gasteiger partial charge in [0.05, 0.1) is 29.4 Å². The van der Waals surface area contributed by atoms with Gasteiger partial charge in [-0.3, -0.25) is 14.9 Å². The van der Waals surface area contributed by atoms with Crippen molar-refractivity contribution in [3.63, 3.8) is 0 Å². The van der Waals surface area contributed by atoms with Crippen molar-refractivity contribution in [2.24, 2.45) is 0 Å². The molecule has 1 N–H and O–H groups in total. The summed E-state index contributed by atoms with van der Waals surface area (Å²) in [6.45, 7) is 3.24. The lowest BCUT2D eigenvalue weighted by atomic mass is 9.98. The largest absolute Gasteiger partial charge is 0.378 e. The first-order chi connectivity index (χ1) is 16.0. The summed E-state index contributed by atoms with van der Waals surface area (Å²) in [6, 6.07) is 9.14. The zero-order valence-electron chi connectivity index (χ0n) is 17.9. The smallest absolute Gasteiger partial charge is 0.270 e. The maximum absolute atomic E-state index is 13.5. The van der Waals surface area contributed by atoms with Crippen LogP contribution in [0.15, 0.2) is 48.7 Å². The normalized spacial score (nSPS) is 16.7. The topological polar surface area (TPSA) is 91.7 Å². The lowest BCUT2D eigenvalue weighted by molar-refractivity contribution is -0.384. The number of hydrogen-bond donors (Lipinski definition) is 1. The Morgan fingerprint density at radius 1 is 1.12 bits per heavy atom. The van der Waals surface area contributed by atoms with Gasteiger partial charge >= 0.3 is 0 Å². The van der Waals surface area contributed by atoms with Gasteiger partial charge in [-0.2, -0.15) is 0 Å². The fourth-order valence-corrected chi connectivity index (χ4v) is 4.52. The van der Waals surface area contributed by atoms with Gasteiger partial charge in [-0.05, 0) is 36.3 Å². The standard InChI is InChI=1S/C24H23FN4O4/c25-17-1-3-19-21(15-26-22(19)13-17)16-5-7-28(8-6-16)24(30)20-14-18(29(31)32)2-4-23(20)27-9-11-33-12-10-27/h1-5,13-15,26H,6-12H2. The molecule has 2 aromatic carbocycles. The van der Waals surface area contributed by atoms with E-state index in [1.807, 2.05) is 17.2 Å². The van der Waals surface area contributed by atoms with E-state index in [1.165, 1.54) is 24.3 Å². The summed E-state index contributed by atoms with van der Waals surface area (Å²) >= 11 is 0. The number of ether oxygens (including phenoxy) is 1. The first-order valence-electron chi connectivity index (χ1n) is 10.9. The molecule has 1 amide bonds. The van der Waals surface area contributed by atoms with Crippen molar-refractivity contribution in [3.05, 3.63) is 75.7 Å². The van der Waals surface area contributed by atoms with Crippen molar-refractivity contribution in [2.45, 2.75) is 6.42 Å². The van der Waals surface area contributed by atoms with E-state index in [0.717, 1.165) is 22.0 Å². The highest BCUT2D eigenvalue weighted by molar-refractivity contribution is 6.01. The summed E-state index contributed by atoms with van der Waals surface area (Å²) in [5.74, 6) is -0.519. The number of halogens is 1. The highest BCUT2D eigenvalue weighted by atomic mass is 19.1. The molecule has 0 bridgehead atoms. The second-order valence-electron chi connectivity index (χ2n) is 8.18. The van der Waals surface area contributed by atoms with Crippen LogP contribution in [0.3, 0.4) is 0 Å². The van der Waals surface area contributed by atoms with Crippen LogP contribution in [0.2, 0.25) is 0 Å². The number of H-pyrrole nitrogens is 1. The average molecular weight is 450 g/mol. The van der Waals surface area contributed by atoms with E-state index in [4.69, 9.17) is 4.74 Å². The molecule has 0 atom stereocenters. The summed E-state index contributed by atoms with van der Waals surface area (Å²) in [5, 5.41) is 12.3. The first-order valence-corrected chi connectivity index (χ1v) is 10.9. The number of nitrogens with one attached hydrogen (secondary N) is 1. The molecule has 2 aliphatic rings. The van der Waals surface area contributed by atoms with Crippen LogP contribution in [-0.4, -0.2) is 60.1 Å². The molecule has 2 aliphatic heterocycles. The van der Waals surface area contributed by atoms with Crippen LogP contribution in [0.4, 0.5) is 15.8 Å². The number of hydrogen-bond acceptors (Lipinski definition) is 5. The third-order valence-corrected chi connectivity index (χ3v) is 6.26. The molecule has 0 saturated carbocycles. The highest BCUT2D eigenvalue weighted by Gasteiger charge is 2.27. The van der Waals surface area contributed by atoms with E-state index < -0.39 is 4.92 Å². The highest BCUT2D eigenvalue weighted by Crippen LogP contribution is 2.32. The molecule has 3 heterocycles. The Kier molecular flexibility index (Phi) is 5.55. The number of benzene rings is 2. The molecule has 170 valence electrons. The number of carbonyl (C=O) groups is 1. The van der Waals surface area contributed by atoms with Crippen LogP contribution in [-0.2, 0) is 4.74 Å². The van der Waals surface area contributed by atoms with Crippen LogP contribution in [0.25, 0.3) is 16.5 Å². The second-order valence-corrected chi connectivity index (χ2v) is 8.18. The van der Waals surface area contributed by atoms with Crippen molar-refractivity contribution in [1.29, 1.82) is 0 Å². The third-order valence-electron chi connectivity index (χ3n) is 6.26. The first kappa shape index (κ1) is 21.1. The molecule has 0 aliphatic carbocycles. The Morgan fingerprint density at radius 2 is 1.94 bits per heavy atom. The third kappa shape index (κ3) is 4.07. The number of rotatable bonds is 4. The maximum Gasteiger partial charge on any atom is 0.270 e. The summed E-state index contributed by atoms with van der Waals surface area (Å²) in [4.78, 5) is 31.2. The number of nitro benzene ring substituents is 1. The number of nitro groups is 1. The minimum atomic E-state index is -0.478. The lowest BCUT2D eigenvalue weighted by Crippen LogP contribution is -2.39. The predicted molar refractivity (Wildman–Crippen MR) is 123 cm³/mol. The summed E-state index contributed by atoms with van der Waals surface area (Å²) in [7, 11) is 0. The van der Waals surface area contributed by atoms with E-state index in [1.54, 1.807) is 17.0 Å². The van der Waals surface area contributed by atoms with Gasteiger partial charge < -0.3 is 19.5 Å². The Morgan fingerprint density at radius 3 is 2.67 bits per heavy atom. The minimum Gasteiger partial charge on any atom is -0.378 e. The molecule has 5 rings (SSSR count). The number of carbonyl (C=O) groups excluding carboxylic acids is 1. The Labute approximate surface area is 189 Å². The SMILES string of the molecule is O=C(c1cc([N+](=O)[O-])ccc1N1CCOCC1)N1CC=C(c2c[nH]c3cc(F)ccc23)CC1. The lowest BCUT2D eigenvalue weighted by Gasteiger charge is -2.32. The van der Waals surface area contributed by atoms with Crippen LogP contribution < -0.4 is 4.90 Å². The molecule has 3 aromatic rings. The number of amides is 1. The van der Waals surface area contributed by atoms with Crippen LogP contribution in [0.5, 0.6) is 0 Å². The number of aromatic amines is 1. The zero-order valence-corrected chi connectivity index (χ0v) is 17.9. The molecule has 0 spiro atoms. The van der Waals surface area contributed by atoms with Gasteiger partial charge in [-0.25, -0.2) is 4.39 Å². The number of fused-ring (bicyclic) bond motifs is 1. The number of nitrogens with zero attached hydrogens (tertiary/aromatic N) is 3. The van der Waals surface area contributed by atoms with Crippen molar-refractivity contribution < 1.29 is 18.8 Å². The molecule has 9 heteroatoms. The van der Waals surface area contributed by atoms with Crippen molar-refractivity contribution >= 4 is 33.8 Å². The Balaban J connectivity index is 1.41. The number of aromatic nitrogens is 1. The predicted octanol–water partition coefficient (Wildman–Crippen LogP) is 3.98. The van der Waals surface area contributed by atoms with E-state index in [9.17, 15) is 19.3 Å². The molecule has 1 saturated heterocycles. The van der Waals surface area contributed by atoms with E-state index in [2.05, 4.69) is 4.98 Å². The number of morpholine rings is 1. The molecular formula is C24H23FN4O4. The fourth-order valence-electron chi connectivity index (χ4n) is 4.52. The van der Waals surface area contributed by atoms with Gasteiger partial charge in [0.2, 0.25) is 0 Å². The summed E-state index contributed by atoms with van der Waals surface area (Å²) < 4.78 is 18.9. The Bertz CT molecular complexity index is 1260. The van der Waals surface area contributed by atoms with Gasteiger partial charge in [0.25, 0.3) is 11.6 Å². The van der Waals surface area contributed by atoms with E-state index in [-0.39, 0.29) is 17.4 Å². The van der Waals surface area contributed by atoms with Crippen LogP contribution in [0, 0.1) is 15.9 Å². The summed E-state index contributed by atoms with van der Waals surface area (Å²) in [5.41, 5.74) is 3.75. The maximum atomic E-state index is 13.5. The second kappa shape index (κ2) is 8.67. The van der Waals surface area contributed by atoms with Crippen LogP contribution >= 0.6 is 0 Å². The van der Waals surface area contributed by atoms with E-state index >= 15 is 0 Å². The molecule has 8 nitrogen and oxygen atoms in total.